The molecule has 0 saturated carbocycles. The molecule has 0 unspecified atom stereocenters. The first-order valence-electron chi connectivity index (χ1n) is 9.31. The second-order valence-corrected chi connectivity index (χ2v) is 8.58. The Morgan fingerprint density at radius 3 is 2.81 bits per heavy atom. The van der Waals surface area contributed by atoms with Crippen LogP contribution in [0, 0.1) is 6.92 Å². The highest BCUT2D eigenvalue weighted by Gasteiger charge is 2.21. The van der Waals surface area contributed by atoms with Crippen molar-refractivity contribution < 1.29 is 17.9 Å². The molecule has 1 aliphatic heterocycles. The average Bonchev–Trinajstić information content (AvgIpc) is 2.65. The fourth-order valence-corrected chi connectivity index (χ4v) is 4.59. The Kier molecular flexibility index (Phi) is 7.61. The SMILES string of the molecule is CC[C@H]1CCCCN1CCCNS(=O)(=O)c1ccc(C)c(C(=O)OC)c1. The number of sulfonamides is 1. The third kappa shape index (κ3) is 5.28. The average molecular weight is 383 g/mol. The molecule has 0 aromatic heterocycles. The van der Waals surface area contributed by atoms with E-state index < -0.39 is 16.0 Å². The molecular formula is C19H30N2O4S. The van der Waals surface area contributed by atoms with E-state index in [0.717, 1.165) is 25.9 Å². The monoisotopic (exact) mass is 382 g/mol. The van der Waals surface area contributed by atoms with Crippen LogP contribution >= 0.6 is 0 Å². The first-order chi connectivity index (χ1) is 12.4. The lowest BCUT2D eigenvalue weighted by atomic mass is 10.00. The van der Waals surface area contributed by atoms with Crippen molar-refractivity contribution in [2.24, 2.45) is 0 Å². The Balaban J connectivity index is 1.93. The van der Waals surface area contributed by atoms with Crippen LogP contribution < -0.4 is 4.72 Å². The summed E-state index contributed by atoms with van der Waals surface area (Å²) in [6.07, 6.45) is 5.66. The van der Waals surface area contributed by atoms with Crippen LogP contribution in [-0.4, -0.2) is 52.1 Å². The number of rotatable bonds is 8. The Morgan fingerprint density at radius 2 is 2.12 bits per heavy atom. The van der Waals surface area contributed by atoms with Gasteiger partial charge >= 0.3 is 5.97 Å². The van der Waals surface area contributed by atoms with E-state index in [1.54, 1.807) is 13.0 Å². The fraction of sp³-hybridized carbons (Fsp3) is 0.632. The van der Waals surface area contributed by atoms with E-state index in [0.29, 0.717) is 18.2 Å². The number of carbonyl (C=O) groups excluding carboxylic acids is 1. The van der Waals surface area contributed by atoms with Crippen LogP contribution in [0.1, 0.15) is 54.9 Å². The first-order valence-corrected chi connectivity index (χ1v) is 10.8. The smallest absolute Gasteiger partial charge is 0.338 e. The molecule has 7 heteroatoms. The van der Waals surface area contributed by atoms with Crippen LogP contribution in [0.5, 0.6) is 0 Å². The third-order valence-electron chi connectivity index (χ3n) is 5.06. The number of hydrogen-bond donors (Lipinski definition) is 1. The van der Waals surface area contributed by atoms with Gasteiger partial charge in [0, 0.05) is 12.6 Å². The molecule has 146 valence electrons. The van der Waals surface area contributed by atoms with Crippen molar-refractivity contribution in [2.45, 2.75) is 56.9 Å². The molecule has 1 fully saturated rings. The molecule has 0 spiro atoms. The number of carbonyl (C=O) groups is 1. The summed E-state index contributed by atoms with van der Waals surface area (Å²) in [6.45, 7) is 6.35. The van der Waals surface area contributed by atoms with Gasteiger partial charge in [0.2, 0.25) is 10.0 Å². The summed E-state index contributed by atoms with van der Waals surface area (Å²) in [5.41, 5.74) is 0.959. The highest BCUT2D eigenvalue weighted by molar-refractivity contribution is 7.89. The molecule has 0 radical (unpaired) electrons. The van der Waals surface area contributed by atoms with Gasteiger partial charge in [0.25, 0.3) is 0 Å². The molecule has 1 atom stereocenters. The normalized spacial score (nSPS) is 18.7. The molecule has 1 heterocycles. The van der Waals surface area contributed by atoms with Crippen molar-refractivity contribution in [1.82, 2.24) is 9.62 Å². The van der Waals surface area contributed by atoms with Gasteiger partial charge in [0.05, 0.1) is 17.6 Å². The molecule has 26 heavy (non-hydrogen) atoms. The number of nitrogens with zero attached hydrogens (tertiary/aromatic N) is 1. The van der Waals surface area contributed by atoms with Crippen molar-refractivity contribution in [3.8, 4) is 0 Å². The van der Waals surface area contributed by atoms with E-state index in [-0.39, 0.29) is 10.5 Å². The Morgan fingerprint density at radius 1 is 1.35 bits per heavy atom. The van der Waals surface area contributed by atoms with Gasteiger partial charge in [-0.2, -0.15) is 0 Å². The van der Waals surface area contributed by atoms with Crippen LogP contribution in [0.2, 0.25) is 0 Å². The predicted octanol–water partition coefficient (Wildman–Crippen LogP) is 2.71. The number of nitrogens with one attached hydrogen (secondary N) is 1. The van der Waals surface area contributed by atoms with Gasteiger partial charge in [-0.1, -0.05) is 19.4 Å². The molecule has 0 bridgehead atoms. The number of piperidine rings is 1. The molecular weight excluding hydrogens is 352 g/mol. The van der Waals surface area contributed by atoms with Crippen LogP contribution in [0.15, 0.2) is 23.1 Å². The van der Waals surface area contributed by atoms with E-state index >= 15 is 0 Å². The lowest BCUT2D eigenvalue weighted by Crippen LogP contribution is -2.40. The van der Waals surface area contributed by atoms with Gasteiger partial charge < -0.3 is 9.64 Å². The molecule has 0 amide bonds. The summed E-state index contributed by atoms with van der Waals surface area (Å²) in [7, 11) is -2.36. The predicted molar refractivity (Wildman–Crippen MR) is 102 cm³/mol. The molecule has 0 aliphatic carbocycles. The Bertz CT molecular complexity index is 718. The fourth-order valence-electron chi connectivity index (χ4n) is 3.49. The maximum Gasteiger partial charge on any atom is 0.338 e. The van der Waals surface area contributed by atoms with Crippen molar-refractivity contribution in [1.29, 1.82) is 0 Å². The van der Waals surface area contributed by atoms with Crippen LogP contribution in [0.25, 0.3) is 0 Å². The zero-order valence-corrected chi connectivity index (χ0v) is 16.8. The number of ether oxygens (including phenoxy) is 1. The topological polar surface area (TPSA) is 75.7 Å². The zero-order valence-electron chi connectivity index (χ0n) is 16.0. The zero-order chi connectivity index (χ0) is 19.2. The van der Waals surface area contributed by atoms with Gasteiger partial charge in [0.1, 0.15) is 0 Å². The molecule has 6 nitrogen and oxygen atoms in total. The number of esters is 1. The highest BCUT2D eigenvalue weighted by Crippen LogP contribution is 2.20. The van der Waals surface area contributed by atoms with Crippen LogP contribution in [0.3, 0.4) is 0 Å². The van der Waals surface area contributed by atoms with E-state index in [4.69, 9.17) is 4.74 Å². The minimum absolute atomic E-state index is 0.0907. The van der Waals surface area contributed by atoms with Crippen molar-refractivity contribution in [3.63, 3.8) is 0 Å². The summed E-state index contributed by atoms with van der Waals surface area (Å²) in [5.74, 6) is -0.532. The highest BCUT2D eigenvalue weighted by atomic mass is 32.2. The number of likely N-dealkylation sites (tertiary alicyclic amines) is 1. The van der Waals surface area contributed by atoms with Gasteiger partial charge in [-0.15, -0.1) is 0 Å². The standard InChI is InChI=1S/C19H30N2O4S/c1-4-16-8-5-6-12-21(16)13-7-11-20-26(23,24)17-10-9-15(2)18(14-17)19(22)25-3/h9-10,14,16,20H,4-8,11-13H2,1-3H3/t16-/m0/s1. The molecule has 2 rings (SSSR count). The lowest BCUT2D eigenvalue weighted by molar-refractivity contribution is 0.0599. The Hall–Kier alpha value is -1.44. The largest absolute Gasteiger partial charge is 0.465 e. The molecule has 1 N–H and O–H groups in total. The lowest BCUT2D eigenvalue weighted by Gasteiger charge is -2.35. The summed E-state index contributed by atoms with van der Waals surface area (Å²) >= 11 is 0. The Labute approximate surface area is 157 Å². The van der Waals surface area contributed by atoms with Gasteiger partial charge in [0.15, 0.2) is 0 Å². The van der Waals surface area contributed by atoms with Crippen molar-refractivity contribution in [3.05, 3.63) is 29.3 Å². The summed E-state index contributed by atoms with van der Waals surface area (Å²) in [5, 5.41) is 0. The third-order valence-corrected chi connectivity index (χ3v) is 6.52. The molecule has 1 aromatic rings. The van der Waals surface area contributed by atoms with E-state index in [9.17, 15) is 13.2 Å². The van der Waals surface area contributed by atoms with E-state index in [1.165, 1.54) is 38.5 Å². The minimum Gasteiger partial charge on any atom is -0.465 e. The summed E-state index contributed by atoms with van der Waals surface area (Å²) in [4.78, 5) is 14.3. The number of aryl methyl sites for hydroxylation is 1. The molecule has 1 aromatic carbocycles. The maximum absolute atomic E-state index is 12.5. The van der Waals surface area contributed by atoms with Crippen LogP contribution in [0.4, 0.5) is 0 Å². The van der Waals surface area contributed by atoms with E-state index in [1.807, 2.05) is 0 Å². The van der Waals surface area contributed by atoms with Gasteiger partial charge in [-0.05, 0) is 63.4 Å². The summed E-state index contributed by atoms with van der Waals surface area (Å²) < 4.78 is 32.4. The molecule has 1 aliphatic rings. The minimum atomic E-state index is -3.64. The van der Waals surface area contributed by atoms with Crippen LogP contribution in [-0.2, 0) is 14.8 Å². The van der Waals surface area contributed by atoms with Crippen molar-refractivity contribution in [2.75, 3.05) is 26.7 Å². The van der Waals surface area contributed by atoms with Gasteiger partial charge in [-0.3, -0.25) is 0 Å². The maximum atomic E-state index is 12.5. The second-order valence-electron chi connectivity index (χ2n) is 6.81. The number of benzene rings is 1. The first kappa shape index (κ1) is 20.9. The number of hydrogen-bond acceptors (Lipinski definition) is 5. The number of methoxy groups -OCH3 is 1. The summed E-state index contributed by atoms with van der Waals surface area (Å²) in [6, 6.07) is 5.14. The molecule has 1 saturated heterocycles. The second kappa shape index (κ2) is 9.48. The quantitative estimate of drug-likeness (QED) is 0.553. The van der Waals surface area contributed by atoms with Crippen molar-refractivity contribution >= 4 is 16.0 Å². The van der Waals surface area contributed by atoms with E-state index in [2.05, 4.69) is 16.5 Å². The van der Waals surface area contributed by atoms with Gasteiger partial charge in [-0.25, -0.2) is 17.9 Å².